The van der Waals surface area contributed by atoms with E-state index in [1.54, 1.807) is 0 Å². The fourth-order valence-electron chi connectivity index (χ4n) is 3.02. The smallest absolute Gasteiger partial charge is 0.341 e. The van der Waals surface area contributed by atoms with Crippen molar-refractivity contribution in [1.29, 1.82) is 0 Å². The SMILES string of the molecule is [N-]=[N+]=N[C@H]1[C@@H](O)[C@H](n2cc(C(=O)O)c(=O)c3cc(F)c(Cl)cc32)O[C@@H]1CO. The van der Waals surface area contributed by atoms with Gasteiger partial charge in [0.05, 0.1) is 29.3 Å². The van der Waals surface area contributed by atoms with E-state index in [1.807, 2.05) is 0 Å². The number of aromatic carboxylic acids is 1. The second-order valence-corrected chi connectivity index (χ2v) is 6.21. The van der Waals surface area contributed by atoms with Crippen LogP contribution in [0.4, 0.5) is 4.39 Å². The number of azide groups is 1. The molecule has 1 aromatic carbocycles. The van der Waals surface area contributed by atoms with E-state index in [9.17, 15) is 29.3 Å². The number of pyridine rings is 1. The number of carboxylic acid groups (broad SMARTS) is 1. The second kappa shape index (κ2) is 7.14. The van der Waals surface area contributed by atoms with Gasteiger partial charge in [0.1, 0.15) is 17.5 Å². The molecular formula is C15H12ClFN4O6. The first-order valence-electron chi connectivity index (χ1n) is 7.56. The number of fused-ring (bicyclic) bond motifs is 1. The highest BCUT2D eigenvalue weighted by Gasteiger charge is 2.44. The number of aromatic nitrogens is 1. The van der Waals surface area contributed by atoms with Crippen molar-refractivity contribution in [3.05, 3.63) is 55.4 Å². The summed E-state index contributed by atoms with van der Waals surface area (Å²) in [6.07, 6.45) is -2.95. The Morgan fingerprint density at radius 2 is 2.19 bits per heavy atom. The summed E-state index contributed by atoms with van der Waals surface area (Å²) < 4.78 is 20.4. The molecule has 1 aliphatic heterocycles. The minimum atomic E-state index is -1.57. The van der Waals surface area contributed by atoms with E-state index >= 15 is 0 Å². The Hall–Kier alpha value is -2.69. The Labute approximate surface area is 154 Å². The number of carboxylic acids is 1. The zero-order valence-electron chi connectivity index (χ0n) is 13.4. The summed E-state index contributed by atoms with van der Waals surface area (Å²) >= 11 is 5.78. The van der Waals surface area contributed by atoms with Crippen LogP contribution in [-0.2, 0) is 4.74 Å². The van der Waals surface area contributed by atoms with Crippen molar-refractivity contribution < 1.29 is 29.2 Å². The molecule has 0 spiro atoms. The lowest BCUT2D eigenvalue weighted by Crippen LogP contribution is -2.32. The highest BCUT2D eigenvalue weighted by molar-refractivity contribution is 6.31. The summed E-state index contributed by atoms with van der Waals surface area (Å²) in [4.78, 5) is 26.4. The van der Waals surface area contributed by atoms with Crippen molar-refractivity contribution in [2.45, 2.75) is 24.5 Å². The van der Waals surface area contributed by atoms with E-state index in [2.05, 4.69) is 10.0 Å². The molecule has 1 aromatic heterocycles. The molecule has 0 unspecified atom stereocenters. The van der Waals surface area contributed by atoms with Gasteiger partial charge in [-0.25, -0.2) is 9.18 Å². The lowest BCUT2D eigenvalue weighted by Gasteiger charge is -2.22. The zero-order chi connectivity index (χ0) is 19.9. The summed E-state index contributed by atoms with van der Waals surface area (Å²) in [5.41, 5.74) is 7.00. The van der Waals surface area contributed by atoms with Crippen LogP contribution in [0.5, 0.6) is 0 Å². The summed E-state index contributed by atoms with van der Waals surface area (Å²) in [6, 6.07) is 0.715. The first kappa shape index (κ1) is 19.1. The lowest BCUT2D eigenvalue weighted by molar-refractivity contribution is -0.0487. The molecule has 0 saturated carbocycles. The fraction of sp³-hybridized carbons (Fsp3) is 0.333. The molecule has 142 valence electrons. The molecule has 3 N–H and O–H groups in total. The molecule has 10 nitrogen and oxygen atoms in total. The predicted molar refractivity (Wildman–Crippen MR) is 90.1 cm³/mol. The van der Waals surface area contributed by atoms with Gasteiger partial charge in [0, 0.05) is 16.5 Å². The molecule has 2 aromatic rings. The molecule has 4 atom stereocenters. The molecule has 0 bridgehead atoms. The number of aliphatic hydroxyl groups excluding tert-OH is 2. The number of carbonyl (C=O) groups is 1. The van der Waals surface area contributed by atoms with Gasteiger partial charge in [-0.15, -0.1) is 0 Å². The van der Waals surface area contributed by atoms with Gasteiger partial charge in [-0.1, -0.05) is 16.7 Å². The van der Waals surface area contributed by atoms with Crippen LogP contribution in [-0.4, -0.2) is 50.7 Å². The lowest BCUT2D eigenvalue weighted by atomic mass is 10.1. The molecular weight excluding hydrogens is 387 g/mol. The Morgan fingerprint density at radius 1 is 1.48 bits per heavy atom. The van der Waals surface area contributed by atoms with Gasteiger partial charge in [0.2, 0.25) is 5.43 Å². The van der Waals surface area contributed by atoms with Gasteiger partial charge in [-0.05, 0) is 17.7 Å². The average Bonchev–Trinajstić information content (AvgIpc) is 2.93. The number of benzene rings is 1. The number of hydrogen-bond donors (Lipinski definition) is 3. The minimum absolute atomic E-state index is 0.00118. The number of nitrogens with zero attached hydrogens (tertiary/aromatic N) is 4. The normalized spacial score (nSPS) is 24.7. The van der Waals surface area contributed by atoms with Crippen LogP contribution in [0.25, 0.3) is 21.3 Å². The second-order valence-electron chi connectivity index (χ2n) is 5.80. The van der Waals surface area contributed by atoms with Crippen molar-refractivity contribution in [1.82, 2.24) is 4.57 Å². The Balaban J connectivity index is 2.29. The Morgan fingerprint density at radius 3 is 2.78 bits per heavy atom. The average molecular weight is 399 g/mol. The van der Waals surface area contributed by atoms with Crippen molar-refractivity contribution in [3.63, 3.8) is 0 Å². The third-order valence-electron chi connectivity index (χ3n) is 4.28. The van der Waals surface area contributed by atoms with E-state index < -0.39 is 53.9 Å². The number of ether oxygens (including phenoxy) is 1. The van der Waals surface area contributed by atoms with Gasteiger partial charge in [0.25, 0.3) is 0 Å². The topological polar surface area (TPSA) is 158 Å². The third-order valence-corrected chi connectivity index (χ3v) is 4.57. The highest BCUT2D eigenvalue weighted by atomic mass is 35.5. The van der Waals surface area contributed by atoms with Gasteiger partial charge in [-0.2, -0.15) is 0 Å². The van der Waals surface area contributed by atoms with Gasteiger partial charge in [-0.3, -0.25) is 4.79 Å². The van der Waals surface area contributed by atoms with Crippen molar-refractivity contribution in [2.75, 3.05) is 6.61 Å². The van der Waals surface area contributed by atoms with Crippen LogP contribution in [0.1, 0.15) is 16.6 Å². The summed E-state index contributed by atoms with van der Waals surface area (Å²) in [5, 5.41) is 31.9. The predicted octanol–water partition coefficient (Wildman–Crippen LogP) is 1.42. The van der Waals surface area contributed by atoms with E-state index in [-0.39, 0.29) is 15.9 Å². The zero-order valence-corrected chi connectivity index (χ0v) is 14.1. The summed E-state index contributed by atoms with van der Waals surface area (Å²) in [7, 11) is 0. The molecule has 3 rings (SSSR count). The first-order chi connectivity index (χ1) is 12.8. The molecule has 1 fully saturated rings. The van der Waals surface area contributed by atoms with E-state index in [0.29, 0.717) is 0 Å². The third kappa shape index (κ3) is 3.11. The van der Waals surface area contributed by atoms with Crippen LogP contribution < -0.4 is 5.43 Å². The number of halogens is 2. The molecule has 0 amide bonds. The van der Waals surface area contributed by atoms with Crippen molar-refractivity contribution in [2.24, 2.45) is 5.11 Å². The molecule has 0 radical (unpaired) electrons. The van der Waals surface area contributed by atoms with Crippen molar-refractivity contribution in [3.8, 4) is 0 Å². The fourth-order valence-corrected chi connectivity index (χ4v) is 3.18. The number of rotatable bonds is 4. The van der Waals surface area contributed by atoms with Crippen LogP contribution >= 0.6 is 11.6 Å². The molecule has 27 heavy (non-hydrogen) atoms. The van der Waals surface area contributed by atoms with Gasteiger partial charge in [0.15, 0.2) is 6.23 Å². The van der Waals surface area contributed by atoms with Crippen LogP contribution in [0.2, 0.25) is 5.02 Å². The summed E-state index contributed by atoms with van der Waals surface area (Å²) in [6.45, 7) is -0.587. The maximum atomic E-state index is 13.8. The monoisotopic (exact) mass is 398 g/mol. The number of aliphatic hydroxyl groups is 2. The Kier molecular flexibility index (Phi) is 5.05. The number of hydrogen-bond acceptors (Lipinski definition) is 6. The van der Waals surface area contributed by atoms with Crippen LogP contribution in [0.3, 0.4) is 0 Å². The largest absolute Gasteiger partial charge is 0.477 e. The molecule has 12 heteroatoms. The molecule has 1 saturated heterocycles. The van der Waals surface area contributed by atoms with Crippen LogP contribution in [0.15, 0.2) is 28.2 Å². The quantitative estimate of drug-likeness (QED) is 0.401. The van der Waals surface area contributed by atoms with Gasteiger partial charge < -0.3 is 24.6 Å². The highest BCUT2D eigenvalue weighted by Crippen LogP contribution is 2.34. The first-order valence-corrected chi connectivity index (χ1v) is 7.93. The molecule has 0 aliphatic carbocycles. The standard InChI is InChI=1S/C15H12ClFN4O6/c16-7-2-9-5(1-8(7)17)12(23)6(15(25)26)3-21(9)14-13(24)11(19-20-18)10(4-22)27-14/h1-3,10-11,13-14,22,24H,4H2,(H,25,26)/t10-,11-,13-,14-/m1/s1. The Bertz CT molecular complexity index is 1040. The van der Waals surface area contributed by atoms with E-state index in [4.69, 9.17) is 21.9 Å². The molecule has 2 heterocycles. The van der Waals surface area contributed by atoms with Crippen LogP contribution in [0, 0.1) is 5.82 Å². The molecule has 1 aliphatic rings. The summed E-state index contributed by atoms with van der Waals surface area (Å²) in [5.74, 6) is -2.49. The maximum absolute atomic E-state index is 13.8. The van der Waals surface area contributed by atoms with E-state index in [1.165, 1.54) is 0 Å². The van der Waals surface area contributed by atoms with E-state index in [0.717, 1.165) is 22.9 Å². The van der Waals surface area contributed by atoms with Crippen molar-refractivity contribution >= 4 is 28.5 Å². The van der Waals surface area contributed by atoms with Gasteiger partial charge >= 0.3 is 5.97 Å². The minimum Gasteiger partial charge on any atom is -0.477 e. The maximum Gasteiger partial charge on any atom is 0.341 e.